The van der Waals surface area contributed by atoms with Gasteiger partial charge in [-0.1, -0.05) is 52.3 Å². The number of halogens is 1. The Kier molecular flexibility index (Phi) is 5.47. The van der Waals surface area contributed by atoms with E-state index in [4.69, 9.17) is 4.74 Å². The summed E-state index contributed by atoms with van der Waals surface area (Å²) < 4.78 is 6.40. The maximum Gasteiger partial charge on any atom is 0.408 e. The maximum absolute atomic E-state index is 12.2. The van der Waals surface area contributed by atoms with Crippen LogP contribution in [-0.4, -0.2) is 11.7 Å². The van der Waals surface area contributed by atoms with Crippen molar-refractivity contribution in [3.8, 4) is 0 Å². The van der Waals surface area contributed by atoms with Crippen LogP contribution in [0.5, 0.6) is 0 Å². The molecule has 4 heteroatoms. The summed E-state index contributed by atoms with van der Waals surface area (Å²) >= 11 is 3.52. The molecule has 2 aromatic rings. The molecule has 0 aromatic heterocycles. The number of aryl methyl sites for hydroxylation is 1. The van der Waals surface area contributed by atoms with Crippen LogP contribution in [0.4, 0.5) is 4.79 Å². The van der Waals surface area contributed by atoms with Gasteiger partial charge in [-0.05, 0) is 56.5 Å². The molecule has 2 rings (SSSR count). The second-order valence-corrected chi connectivity index (χ2v) is 7.47. The third kappa shape index (κ3) is 5.39. The molecule has 0 spiro atoms. The molecule has 0 fully saturated rings. The van der Waals surface area contributed by atoms with E-state index in [9.17, 15) is 4.79 Å². The Morgan fingerprint density at radius 1 is 1.09 bits per heavy atom. The fourth-order valence-corrected chi connectivity index (χ4v) is 2.99. The van der Waals surface area contributed by atoms with E-state index < -0.39 is 11.7 Å². The first-order valence-electron chi connectivity index (χ1n) is 7.56. The van der Waals surface area contributed by atoms with E-state index in [-0.39, 0.29) is 6.04 Å². The van der Waals surface area contributed by atoms with Gasteiger partial charge in [0.15, 0.2) is 0 Å². The second-order valence-electron chi connectivity index (χ2n) is 6.55. The van der Waals surface area contributed by atoms with Crippen molar-refractivity contribution in [2.75, 3.05) is 0 Å². The highest BCUT2D eigenvalue weighted by Crippen LogP contribution is 2.26. The average molecular weight is 376 g/mol. The van der Waals surface area contributed by atoms with Crippen LogP contribution in [0.3, 0.4) is 0 Å². The first kappa shape index (κ1) is 17.5. The van der Waals surface area contributed by atoms with E-state index in [1.807, 2.05) is 70.2 Å². The topological polar surface area (TPSA) is 38.3 Å². The summed E-state index contributed by atoms with van der Waals surface area (Å²) in [7, 11) is 0. The van der Waals surface area contributed by atoms with Gasteiger partial charge in [0, 0.05) is 4.47 Å². The molecule has 3 nitrogen and oxygen atoms in total. The molecule has 0 saturated heterocycles. The molecule has 0 aliphatic carbocycles. The third-order valence-corrected chi connectivity index (χ3v) is 3.65. The fraction of sp³-hybridized carbons (Fsp3) is 0.316. The number of ether oxygens (including phenoxy) is 1. The van der Waals surface area contributed by atoms with E-state index in [1.54, 1.807) is 0 Å². The Morgan fingerprint density at radius 3 is 2.30 bits per heavy atom. The molecule has 1 N–H and O–H groups in total. The van der Waals surface area contributed by atoms with Crippen molar-refractivity contribution >= 4 is 22.0 Å². The predicted molar refractivity (Wildman–Crippen MR) is 96.5 cm³/mol. The molecule has 122 valence electrons. The summed E-state index contributed by atoms with van der Waals surface area (Å²) in [4.78, 5) is 12.2. The first-order chi connectivity index (χ1) is 10.7. The van der Waals surface area contributed by atoms with Crippen molar-refractivity contribution in [1.82, 2.24) is 5.32 Å². The van der Waals surface area contributed by atoms with Crippen molar-refractivity contribution in [2.24, 2.45) is 0 Å². The van der Waals surface area contributed by atoms with Gasteiger partial charge >= 0.3 is 6.09 Å². The van der Waals surface area contributed by atoms with Crippen molar-refractivity contribution in [3.63, 3.8) is 0 Å². The van der Waals surface area contributed by atoms with Gasteiger partial charge in [-0.3, -0.25) is 0 Å². The Morgan fingerprint density at radius 2 is 1.74 bits per heavy atom. The van der Waals surface area contributed by atoms with Gasteiger partial charge in [0.25, 0.3) is 0 Å². The molecule has 23 heavy (non-hydrogen) atoms. The number of rotatable bonds is 3. The summed E-state index contributed by atoms with van der Waals surface area (Å²) in [6, 6.07) is 15.7. The summed E-state index contributed by atoms with van der Waals surface area (Å²) in [5, 5.41) is 2.98. The number of hydrogen-bond donors (Lipinski definition) is 1. The number of carbonyl (C=O) groups excluding carboxylic acids is 1. The van der Waals surface area contributed by atoms with Crippen LogP contribution >= 0.6 is 15.9 Å². The van der Waals surface area contributed by atoms with Crippen LogP contribution < -0.4 is 5.32 Å². The van der Waals surface area contributed by atoms with Crippen LogP contribution in [0.25, 0.3) is 0 Å². The molecule has 1 amide bonds. The van der Waals surface area contributed by atoms with Gasteiger partial charge < -0.3 is 10.1 Å². The Hall–Kier alpha value is -1.81. The van der Waals surface area contributed by atoms with Crippen molar-refractivity contribution < 1.29 is 9.53 Å². The van der Waals surface area contributed by atoms with Crippen LogP contribution in [-0.2, 0) is 4.74 Å². The van der Waals surface area contributed by atoms with Gasteiger partial charge in [-0.2, -0.15) is 0 Å². The smallest absolute Gasteiger partial charge is 0.408 e. The molecule has 0 saturated carbocycles. The Labute approximate surface area is 146 Å². The molecular weight excluding hydrogens is 354 g/mol. The van der Waals surface area contributed by atoms with E-state index in [0.717, 1.165) is 21.2 Å². The van der Waals surface area contributed by atoms with Gasteiger partial charge in [-0.25, -0.2) is 4.79 Å². The second kappa shape index (κ2) is 7.18. The quantitative estimate of drug-likeness (QED) is 0.782. The van der Waals surface area contributed by atoms with Crippen molar-refractivity contribution in [2.45, 2.75) is 39.3 Å². The number of benzene rings is 2. The lowest BCUT2D eigenvalue weighted by Gasteiger charge is -2.24. The van der Waals surface area contributed by atoms with Crippen LogP contribution in [0, 0.1) is 6.92 Å². The van der Waals surface area contributed by atoms with Crippen LogP contribution in [0.1, 0.15) is 43.5 Å². The minimum absolute atomic E-state index is 0.262. The largest absolute Gasteiger partial charge is 0.444 e. The molecule has 0 bridgehead atoms. The average Bonchev–Trinajstić information content (AvgIpc) is 2.42. The minimum atomic E-state index is -0.529. The molecule has 0 aliphatic rings. The standard InChI is InChI=1S/C19H22BrNO2/c1-13-10-15(12-16(20)11-13)17(14-8-6-5-7-9-14)21-18(22)23-19(2,3)4/h5-12,17H,1-4H3,(H,21,22). The first-order valence-corrected chi connectivity index (χ1v) is 8.35. The van der Waals surface area contributed by atoms with E-state index >= 15 is 0 Å². The number of carbonyl (C=O) groups is 1. The lowest BCUT2D eigenvalue weighted by molar-refractivity contribution is 0.0512. The SMILES string of the molecule is Cc1cc(Br)cc(C(NC(=O)OC(C)(C)C)c2ccccc2)c1. The van der Waals surface area contributed by atoms with Gasteiger partial charge in [0.05, 0.1) is 6.04 Å². The highest BCUT2D eigenvalue weighted by atomic mass is 79.9. The lowest BCUT2D eigenvalue weighted by Crippen LogP contribution is -2.35. The molecule has 2 aromatic carbocycles. The minimum Gasteiger partial charge on any atom is -0.444 e. The summed E-state index contributed by atoms with van der Waals surface area (Å²) in [5.74, 6) is 0. The van der Waals surface area contributed by atoms with Gasteiger partial charge in [0.2, 0.25) is 0 Å². The predicted octanol–water partition coefficient (Wildman–Crippen LogP) is 5.37. The van der Waals surface area contributed by atoms with Crippen molar-refractivity contribution in [3.05, 3.63) is 69.7 Å². The molecule has 0 aliphatic heterocycles. The van der Waals surface area contributed by atoms with Crippen molar-refractivity contribution in [1.29, 1.82) is 0 Å². The summed E-state index contributed by atoms with van der Waals surface area (Å²) in [6.07, 6.45) is -0.427. The Balaban J connectivity index is 2.35. The molecule has 1 unspecified atom stereocenters. The lowest BCUT2D eigenvalue weighted by atomic mass is 9.97. The van der Waals surface area contributed by atoms with Crippen LogP contribution in [0.15, 0.2) is 53.0 Å². The van der Waals surface area contributed by atoms with Gasteiger partial charge in [0.1, 0.15) is 5.60 Å². The monoisotopic (exact) mass is 375 g/mol. The van der Waals surface area contributed by atoms with Crippen LogP contribution in [0.2, 0.25) is 0 Å². The fourth-order valence-electron chi connectivity index (χ4n) is 2.36. The summed E-state index contributed by atoms with van der Waals surface area (Å²) in [6.45, 7) is 7.60. The zero-order valence-electron chi connectivity index (χ0n) is 13.9. The molecule has 1 atom stereocenters. The molecular formula is C19H22BrNO2. The summed E-state index contributed by atoms with van der Waals surface area (Å²) in [5.41, 5.74) is 2.62. The number of nitrogens with one attached hydrogen (secondary N) is 1. The molecule has 0 radical (unpaired) electrons. The molecule has 0 heterocycles. The zero-order chi connectivity index (χ0) is 17.0. The van der Waals surface area contributed by atoms with E-state index in [0.29, 0.717) is 0 Å². The highest BCUT2D eigenvalue weighted by Gasteiger charge is 2.22. The van der Waals surface area contributed by atoms with E-state index in [1.165, 1.54) is 0 Å². The number of amides is 1. The number of alkyl carbamates (subject to hydrolysis) is 1. The van der Waals surface area contributed by atoms with E-state index in [2.05, 4.69) is 27.3 Å². The number of hydrogen-bond acceptors (Lipinski definition) is 2. The highest BCUT2D eigenvalue weighted by molar-refractivity contribution is 9.10. The third-order valence-electron chi connectivity index (χ3n) is 3.19. The normalized spacial score (nSPS) is 12.6. The zero-order valence-corrected chi connectivity index (χ0v) is 15.5. The maximum atomic E-state index is 12.2. The Bertz CT molecular complexity index is 657. The van der Waals surface area contributed by atoms with Gasteiger partial charge in [-0.15, -0.1) is 0 Å².